The van der Waals surface area contributed by atoms with E-state index in [1.165, 1.54) is 6.92 Å². The van der Waals surface area contributed by atoms with Crippen LogP contribution >= 0.6 is 0 Å². The van der Waals surface area contributed by atoms with Gasteiger partial charge in [-0.15, -0.1) is 13.2 Å². The Hall–Kier alpha value is -3.46. The first kappa shape index (κ1) is 28.8. The molecule has 0 aliphatic carbocycles. The third kappa shape index (κ3) is 10.4. The zero-order chi connectivity index (χ0) is 26.2. The highest BCUT2D eigenvalue weighted by Gasteiger charge is 2.33. The molecule has 194 valence electrons. The summed E-state index contributed by atoms with van der Waals surface area (Å²) in [5.41, 5.74) is 2.90. The third-order valence-electron chi connectivity index (χ3n) is 5.13. The van der Waals surface area contributed by atoms with Gasteiger partial charge in [-0.2, -0.15) is 0 Å². The summed E-state index contributed by atoms with van der Waals surface area (Å²) in [6.07, 6.45) is 3.45. The van der Waals surface area contributed by atoms with Crippen LogP contribution in [0.15, 0.2) is 73.8 Å². The molecule has 0 spiro atoms. The van der Waals surface area contributed by atoms with Gasteiger partial charge < -0.3 is 24.3 Å². The first-order chi connectivity index (χ1) is 17.4. The van der Waals surface area contributed by atoms with Gasteiger partial charge >= 0.3 is 6.09 Å². The van der Waals surface area contributed by atoms with Gasteiger partial charge in [-0.05, 0) is 41.8 Å². The summed E-state index contributed by atoms with van der Waals surface area (Å²) in [5.74, 6) is -0.101. The van der Waals surface area contributed by atoms with Gasteiger partial charge in [0, 0.05) is 25.4 Å². The average molecular weight is 497 g/mol. The number of hydrogen-bond acceptors (Lipinski definition) is 6. The average Bonchev–Trinajstić information content (AvgIpc) is 2.85. The number of amides is 2. The van der Waals surface area contributed by atoms with Gasteiger partial charge in [-0.3, -0.25) is 10.1 Å². The summed E-state index contributed by atoms with van der Waals surface area (Å²) in [7, 11) is 1.58. The Morgan fingerprint density at radius 1 is 0.806 bits per heavy atom. The Bertz CT molecular complexity index is 959. The van der Waals surface area contributed by atoms with E-state index < -0.39 is 11.5 Å². The first-order valence-corrected chi connectivity index (χ1v) is 11.6. The van der Waals surface area contributed by atoms with Crippen molar-refractivity contribution >= 4 is 23.4 Å². The van der Waals surface area contributed by atoms with E-state index >= 15 is 0 Å². The lowest BCUT2D eigenvalue weighted by Crippen LogP contribution is -2.42. The van der Waals surface area contributed by atoms with E-state index in [9.17, 15) is 9.59 Å². The molecule has 2 rings (SSSR count). The Kier molecular flexibility index (Phi) is 12.4. The molecule has 0 radical (unpaired) electrons. The highest BCUT2D eigenvalue weighted by molar-refractivity contribution is 5.88. The topological polar surface area (TPSA) is 95.1 Å². The lowest BCUT2D eigenvalue weighted by Gasteiger charge is -2.31. The van der Waals surface area contributed by atoms with Crippen LogP contribution in [0.4, 0.5) is 16.2 Å². The molecule has 8 heteroatoms. The molecule has 0 aromatic heterocycles. The Morgan fingerprint density at radius 3 is 1.75 bits per heavy atom. The molecule has 2 amide bonds. The van der Waals surface area contributed by atoms with E-state index in [4.69, 9.17) is 18.9 Å². The fourth-order valence-electron chi connectivity index (χ4n) is 3.50. The predicted octanol–water partition coefficient (Wildman–Crippen LogP) is 4.82. The number of ether oxygens (including phenoxy) is 4. The molecule has 2 N–H and O–H groups in total. The quantitative estimate of drug-likeness (QED) is 0.256. The number of anilines is 2. The fourth-order valence-corrected chi connectivity index (χ4v) is 3.50. The van der Waals surface area contributed by atoms with E-state index in [1.807, 2.05) is 48.5 Å². The van der Waals surface area contributed by atoms with Crippen molar-refractivity contribution in [3.63, 3.8) is 0 Å². The molecule has 0 aliphatic heterocycles. The Morgan fingerprint density at radius 2 is 1.31 bits per heavy atom. The number of methoxy groups -OCH3 is 1. The maximum Gasteiger partial charge on any atom is 0.411 e. The molecule has 0 aliphatic rings. The SMILES string of the molecule is C=CCOCC(COC)(COCC=C)COC(=O)Nc1ccc(Cc2ccc(NC(C)=O)cc2)cc1. The molecule has 0 heterocycles. The molecule has 8 nitrogen and oxygen atoms in total. The molecule has 0 saturated carbocycles. The van der Waals surface area contributed by atoms with Crippen LogP contribution in [-0.2, 0) is 30.2 Å². The molecule has 0 bridgehead atoms. The molecule has 36 heavy (non-hydrogen) atoms. The number of benzene rings is 2. The van der Waals surface area contributed by atoms with Crippen molar-refractivity contribution < 1.29 is 28.5 Å². The van der Waals surface area contributed by atoms with E-state index in [1.54, 1.807) is 19.3 Å². The summed E-state index contributed by atoms with van der Waals surface area (Å²) in [5, 5.41) is 5.51. The lowest BCUT2D eigenvalue weighted by molar-refractivity contribution is -0.114. The number of hydrogen-bond donors (Lipinski definition) is 2. The van der Waals surface area contributed by atoms with Crippen molar-refractivity contribution in [2.45, 2.75) is 13.3 Å². The number of carbonyl (C=O) groups is 2. The second-order valence-electron chi connectivity index (χ2n) is 8.49. The molecule has 2 aromatic carbocycles. The van der Waals surface area contributed by atoms with Crippen molar-refractivity contribution in [3.05, 3.63) is 85.0 Å². The second kappa shape index (κ2) is 15.5. The molecule has 2 aromatic rings. The van der Waals surface area contributed by atoms with Crippen LogP contribution in [0.5, 0.6) is 0 Å². The standard InChI is InChI=1S/C28H36N2O6/c1-5-15-34-19-28(18-33-4,20-35-16-6-2)21-36-27(32)30-26-13-9-24(10-14-26)17-23-7-11-25(12-8-23)29-22(3)31/h5-14H,1-2,15-21H2,3-4H3,(H,29,31)(H,30,32). The zero-order valence-electron chi connectivity index (χ0n) is 21.1. The monoisotopic (exact) mass is 496 g/mol. The molecular weight excluding hydrogens is 460 g/mol. The van der Waals surface area contributed by atoms with Gasteiger partial charge in [0.25, 0.3) is 0 Å². The summed E-state index contributed by atoms with van der Waals surface area (Å²) < 4.78 is 22.1. The lowest BCUT2D eigenvalue weighted by atomic mass is 9.92. The molecule has 0 fully saturated rings. The largest absolute Gasteiger partial charge is 0.448 e. The van der Waals surface area contributed by atoms with Gasteiger partial charge in [0.1, 0.15) is 6.61 Å². The molecule has 0 saturated heterocycles. The smallest absolute Gasteiger partial charge is 0.411 e. The summed E-state index contributed by atoms with van der Waals surface area (Å²) in [6.45, 7) is 10.4. The minimum absolute atomic E-state index is 0.0491. The van der Waals surface area contributed by atoms with Crippen LogP contribution < -0.4 is 10.6 Å². The Labute approximate surface area is 213 Å². The number of rotatable bonds is 16. The normalized spacial score (nSPS) is 10.9. The van der Waals surface area contributed by atoms with Crippen LogP contribution in [0.1, 0.15) is 18.1 Å². The van der Waals surface area contributed by atoms with Gasteiger partial charge in [-0.25, -0.2) is 4.79 Å². The van der Waals surface area contributed by atoms with E-state index in [0.717, 1.165) is 23.2 Å². The van der Waals surface area contributed by atoms with Crippen LogP contribution in [0, 0.1) is 5.41 Å². The molecular formula is C28H36N2O6. The van der Waals surface area contributed by atoms with Gasteiger partial charge in [0.2, 0.25) is 5.91 Å². The van der Waals surface area contributed by atoms with E-state index in [2.05, 4.69) is 23.8 Å². The number of carbonyl (C=O) groups excluding carboxylic acids is 2. The van der Waals surface area contributed by atoms with Crippen LogP contribution in [0.3, 0.4) is 0 Å². The fraction of sp³-hybridized carbons (Fsp3) is 0.357. The highest BCUT2D eigenvalue weighted by Crippen LogP contribution is 2.21. The highest BCUT2D eigenvalue weighted by atomic mass is 16.6. The van der Waals surface area contributed by atoms with E-state index in [0.29, 0.717) is 18.9 Å². The second-order valence-corrected chi connectivity index (χ2v) is 8.49. The van der Waals surface area contributed by atoms with Gasteiger partial charge in [-0.1, -0.05) is 36.4 Å². The summed E-state index contributed by atoms with van der Waals surface area (Å²) in [4.78, 5) is 23.6. The predicted molar refractivity (Wildman–Crippen MR) is 141 cm³/mol. The summed E-state index contributed by atoms with van der Waals surface area (Å²) in [6, 6.07) is 15.2. The van der Waals surface area contributed by atoms with Crippen molar-refractivity contribution in [2.24, 2.45) is 5.41 Å². The van der Waals surface area contributed by atoms with Crippen molar-refractivity contribution in [1.82, 2.24) is 0 Å². The maximum absolute atomic E-state index is 12.5. The Balaban J connectivity index is 1.92. The van der Waals surface area contributed by atoms with Crippen molar-refractivity contribution in [3.8, 4) is 0 Å². The van der Waals surface area contributed by atoms with Crippen LogP contribution in [0.2, 0.25) is 0 Å². The van der Waals surface area contributed by atoms with Crippen LogP contribution in [0.25, 0.3) is 0 Å². The van der Waals surface area contributed by atoms with Gasteiger partial charge in [0.05, 0.1) is 38.4 Å². The molecule has 0 unspecified atom stereocenters. The maximum atomic E-state index is 12.5. The molecule has 0 atom stereocenters. The van der Waals surface area contributed by atoms with E-state index in [-0.39, 0.29) is 32.3 Å². The van der Waals surface area contributed by atoms with Crippen molar-refractivity contribution in [2.75, 3.05) is 57.4 Å². The number of nitrogens with one attached hydrogen (secondary N) is 2. The third-order valence-corrected chi connectivity index (χ3v) is 5.13. The van der Waals surface area contributed by atoms with Gasteiger partial charge in [0.15, 0.2) is 0 Å². The minimum Gasteiger partial charge on any atom is -0.448 e. The zero-order valence-corrected chi connectivity index (χ0v) is 21.1. The first-order valence-electron chi connectivity index (χ1n) is 11.6. The van der Waals surface area contributed by atoms with Crippen LogP contribution in [-0.4, -0.2) is 58.8 Å². The summed E-state index contributed by atoms with van der Waals surface area (Å²) >= 11 is 0. The van der Waals surface area contributed by atoms with Crippen molar-refractivity contribution in [1.29, 1.82) is 0 Å². The minimum atomic E-state index is -0.669.